The first-order valence-corrected chi connectivity index (χ1v) is 6.13. The predicted molar refractivity (Wildman–Crippen MR) is 66.7 cm³/mol. The SMILES string of the molecule is Cc1nc(C(=O)c2ccc(Cl)c(Cl)c2)cs1. The van der Waals surface area contributed by atoms with Gasteiger partial charge in [-0.05, 0) is 25.1 Å². The zero-order valence-electron chi connectivity index (χ0n) is 8.33. The number of hydrogen-bond donors (Lipinski definition) is 0. The average Bonchev–Trinajstić information content (AvgIpc) is 2.68. The van der Waals surface area contributed by atoms with E-state index in [9.17, 15) is 4.79 Å². The molecule has 0 fully saturated rings. The van der Waals surface area contributed by atoms with Gasteiger partial charge in [0.05, 0.1) is 15.1 Å². The van der Waals surface area contributed by atoms with Crippen LogP contribution in [-0.4, -0.2) is 10.8 Å². The predicted octanol–water partition coefficient (Wildman–Crippen LogP) is 3.99. The molecule has 0 atom stereocenters. The summed E-state index contributed by atoms with van der Waals surface area (Å²) >= 11 is 13.1. The van der Waals surface area contributed by atoms with Crippen molar-refractivity contribution in [2.24, 2.45) is 0 Å². The summed E-state index contributed by atoms with van der Waals surface area (Å²) in [5.74, 6) is -0.136. The molecule has 0 amide bonds. The van der Waals surface area contributed by atoms with Crippen LogP contribution < -0.4 is 0 Å². The Hall–Kier alpha value is -0.900. The Morgan fingerprint density at radius 2 is 2.06 bits per heavy atom. The van der Waals surface area contributed by atoms with Crippen LogP contribution in [0.1, 0.15) is 21.1 Å². The summed E-state index contributed by atoms with van der Waals surface area (Å²) < 4.78 is 0. The van der Waals surface area contributed by atoms with Crippen LogP contribution in [0.2, 0.25) is 10.0 Å². The van der Waals surface area contributed by atoms with E-state index in [2.05, 4.69) is 4.98 Å². The van der Waals surface area contributed by atoms with Gasteiger partial charge in [-0.2, -0.15) is 0 Å². The first kappa shape index (κ1) is 11.6. The van der Waals surface area contributed by atoms with Gasteiger partial charge in [0, 0.05) is 10.9 Å². The number of nitrogens with zero attached hydrogens (tertiary/aromatic N) is 1. The number of benzene rings is 1. The van der Waals surface area contributed by atoms with Gasteiger partial charge in [-0.25, -0.2) is 4.98 Å². The molecule has 0 radical (unpaired) electrons. The third-order valence-corrected chi connectivity index (χ3v) is 3.55. The van der Waals surface area contributed by atoms with Crippen molar-refractivity contribution in [2.75, 3.05) is 0 Å². The Morgan fingerprint density at radius 3 is 2.62 bits per heavy atom. The van der Waals surface area contributed by atoms with E-state index in [1.807, 2.05) is 6.92 Å². The second-order valence-corrected chi connectivity index (χ2v) is 5.09. The number of rotatable bonds is 2. The zero-order valence-corrected chi connectivity index (χ0v) is 10.7. The van der Waals surface area contributed by atoms with Crippen molar-refractivity contribution >= 4 is 40.3 Å². The summed E-state index contributed by atoms with van der Waals surface area (Å²) in [7, 11) is 0. The Kier molecular flexibility index (Phi) is 3.28. The molecule has 5 heteroatoms. The minimum Gasteiger partial charge on any atom is -0.287 e. The van der Waals surface area contributed by atoms with E-state index in [-0.39, 0.29) is 5.78 Å². The molecule has 2 aromatic rings. The van der Waals surface area contributed by atoms with Crippen LogP contribution in [0.5, 0.6) is 0 Å². The molecule has 0 N–H and O–H groups in total. The van der Waals surface area contributed by atoms with Crippen LogP contribution >= 0.6 is 34.5 Å². The maximum Gasteiger partial charge on any atom is 0.212 e. The second-order valence-electron chi connectivity index (χ2n) is 3.21. The fourth-order valence-corrected chi connectivity index (χ4v) is 2.14. The molecular formula is C11H7Cl2NOS. The lowest BCUT2D eigenvalue weighted by atomic mass is 10.1. The van der Waals surface area contributed by atoms with Gasteiger partial charge in [0.25, 0.3) is 0 Å². The minimum absolute atomic E-state index is 0.136. The minimum atomic E-state index is -0.136. The highest BCUT2D eigenvalue weighted by Gasteiger charge is 2.13. The molecular weight excluding hydrogens is 265 g/mol. The summed E-state index contributed by atoms with van der Waals surface area (Å²) in [6.07, 6.45) is 0. The Bertz CT molecular complexity index is 551. The molecule has 2 rings (SSSR count). The summed E-state index contributed by atoms with van der Waals surface area (Å²) in [6, 6.07) is 4.81. The largest absolute Gasteiger partial charge is 0.287 e. The Balaban J connectivity index is 2.38. The van der Waals surface area contributed by atoms with E-state index >= 15 is 0 Å². The molecule has 0 aliphatic rings. The lowest BCUT2D eigenvalue weighted by molar-refractivity contribution is 0.103. The number of thiazole rings is 1. The second kappa shape index (κ2) is 4.53. The van der Waals surface area contributed by atoms with Crippen molar-refractivity contribution in [3.63, 3.8) is 0 Å². The van der Waals surface area contributed by atoms with Crippen LogP contribution in [0, 0.1) is 6.92 Å². The maximum atomic E-state index is 12.0. The summed E-state index contributed by atoms with van der Waals surface area (Å²) in [6.45, 7) is 1.86. The highest BCUT2D eigenvalue weighted by atomic mass is 35.5. The van der Waals surface area contributed by atoms with Crippen molar-refractivity contribution in [3.8, 4) is 0 Å². The number of halogens is 2. The standard InChI is InChI=1S/C11H7Cl2NOS/c1-6-14-10(5-16-6)11(15)7-2-3-8(12)9(13)4-7/h2-5H,1H3. The molecule has 82 valence electrons. The third-order valence-electron chi connectivity index (χ3n) is 2.03. The lowest BCUT2D eigenvalue weighted by Crippen LogP contribution is -2.01. The first-order chi connectivity index (χ1) is 7.58. The van der Waals surface area contributed by atoms with Gasteiger partial charge in [-0.1, -0.05) is 23.2 Å². The van der Waals surface area contributed by atoms with Gasteiger partial charge in [0.2, 0.25) is 5.78 Å². The first-order valence-electron chi connectivity index (χ1n) is 4.50. The molecule has 0 unspecified atom stereocenters. The molecule has 0 spiro atoms. The fourth-order valence-electron chi connectivity index (χ4n) is 1.25. The normalized spacial score (nSPS) is 10.4. The van der Waals surface area contributed by atoms with E-state index in [0.717, 1.165) is 5.01 Å². The van der Waals surface area contributed by atoms with Crippen molar-refractivity contribution in [2.45, 2.75) is 6.92 Å². The summed E-state index contributed by atoms with van der Waals surface area (Å²) in [5.41, 5.74) is 0.945. The zero-order chi connectivity index (χ0) is 11.7. The monoisotopic (exact) mass is 271 g/mol. The lowest BCUT2D eigenvalue weighted by Gasteiger charge is -2.00. The smallest absolute Gasteiger partial charge is 0.212 e. The van der Waals surface area contributed by atoms with E-state index in [4.69, 9.17) is 23.2 Å². The van der Waals surface area contributed by atoms with Crippen LogP contribution in [-0.2, 0) is 0 Å². The molecule has 0 saturated heterocycles. The van der Waals surface area contributed by atoms with Crippen molar-refractivity contribution in [1.82, 2.24) is 4.98 Å². The van der Waals surface area contributed by atoms with Gasteiger partial charge in [0.15, 0.2) is 0 Å². The number of aromatic nitrogens is 1. The molecule has 2 nitrogen and oxygen atoms in total. The molecule has 16 heavy (non-hydrogen) atoms. The fraction of sp³-hybridized carbons (Fsp3) is 0.0909. The van der Waals surface area contributed by atoms with E-state index in [0.29, 0.717) is 21.3 Å². The number of carbonyl (C=O) groups excluding carboxylic acids is 1. The average molecular weight is 272 g/mol. The molecule has 0 aliphatic heterocycles. The Labute approximate surface area is 107 Å². The van der Waals surface area contributed by atoms with Gasteiger partial charge < -0.3 is 0 Å². The van der Waals surface area contributed by atoms with E-state index in [1.54, 1.807) is 23.6 Å². The summed E-state index contributed by atoms with van der Waals surface area (Å²) in [4.78, 5) is 16.1. The Morgan fingerprint density at radius 1 is 1.31 bits per heavy atom. The molecule has 0 bridgehead atoms. The van der Waals surface area contributed by atoms with Crippen molar-refractivity contribution in [1.29, 1.82) is 0 Å². The number of hydrogen-bond acceptors (Lipinski definition) is 3. The number of carbonyl (C=O) groups is 1. The van der Waals surface area contributed by atoms with Gasteiger partial charge in [0.1, 0.15) is 5.69 Å². The van der Waals surface area contributed by atoms with Crippen LogP contribution in [0.15, 0.2) is 23.6 Å². The molecule has 1 heterocycles. The number of aryl methyl sites for hydroxylation is 1. The van der Waals surface area contributed by atoms with Gasteiger partial charge in [-0.3, -0.25) is 4.79 Å². The molecule has 0 aliphatic carbocycles. The van der Waals surface area contributed by atoms with Gasteiger partial charge >= 0.3 is 0 Å². The van der Waals surface area contributed by atoms with E-state index in [1.165, 1.54) is 11.3 Å². The van der Waals surface area contributed by atoms with Crippen LogP contribution in [0.3, 0.4) is 0 Å². The van der Waals surface area contributed by atoms with Gasteiger partial charge in [-0.15, -0.1) is 11.3 Å². The maximum absolute atomic E-state index is 12.0. The highest BCUT2D eigenvalue weighted by Crippen LogP contribution is 2.24. The quantitative estimate of drug-likeness (QED) is 0.774. The van der Waals surface area contributed by atoms with Crippen LogP contribution in [0.4, 0.5) is 0 Å². The third kappa shape index (κ3) is 2.26. The van der Waals surface area contributed by atoms with Crippen molar-refractivity contribution in [3.05, 3.63) is 49.9 Å². The summed E-state index contributed by atoms with van der Waals surface area (Å²) in [5, 5.41) is 3.41. The highest BCUT2D eigenvalue weighted by molar-refractivity contribution is 7.09. The molecule has 1 aromatic carbocycles. The number of ketones is 1. The topological polar surface area (TPSA) is 30.0 Å². The van der Waals surface area contributed by atoms with Crippen molar-refractivity contribution < 1.29 is 4.79 Å². The molecule has 0 saturated carbocycles. The van der Waals surface area contributed by atoms with E-state index < -0.39 is 0 Å². The molecule has 1 aromatic heterocycles. The van der Waals surface area contributed by atoms with Crippen LogP contribution in [0.25, 0.3) is 0 Å².